The second-order valence-corrected chi connectivity index (χ2v) is 4.93. The first kappa shape index (κ1) is 14.8. The van der Waals surface area contributed by atoms with Gasteiger partial charge in [0.05, 0.1) is 6.42 Å². The van der Waals surface area contributed by atoms with Gasteiger partial charge in [-0.05, 0) is 45.8 Å². The molecule has 1 aliphatic heterocycles. The molecular formula is C12H23F3N2. The average molecular weight is 252 g/mol. The molecule has 2 nitrogen and oxygen atoms in total. The van der Waals surface area contributed by atoms with Crippen LogP contribution in [0.15, 0.2) is 0 Å². The molecule has 1 unspecified atom stereocenters. The van der Waals surface area contributed by atoms with E-state index in [0.29, 0.717) is 6.04 Å². The van der Waals surface area contributed by atoms with Crippen molar-refractivity contribution in [1.29, 1.82) is 0 Å². The van der Waals surface area contributed by atoms with E-state index < -0.39 is 12.6 Å². The smallest absolute Gasteiger partial charge is 0.314 e. The first-order chi connectivity index (χ1) is 7.92. The molecule has 1 rings (SSSR count). The van der Waals surface area contributed by atoms with E-state index in [1.165, 1.54) is 0 Å². The van der Waals surface area contributed by atoms with E-state index in [0.717, 1.165) is 38.9 Å². The quantitative estimate of drug-likeness (QED) is 0.809. The SMILES string of the molecule is CCCNC1CCN(C(C)CC(F)(F)F)CC1. The molecule has 1 heterocycles. The van der Waals surface area contributed by atoms with Crippen LogP contribution in [-0.2, 0) is 0 Å². The van der Waals surface area contributed by atoms with Crippen LogP contribution in [0.4, 0.5) is 13.2 Å². The lowest BCUT2D eigenvalue weighted by Crippen LogP contribution is -2.47. The lowest BCUT2D eigenvalue weighted by atomic mass is 10.0. The van der Waals surface area contributed by atoms with Crippen LogP contribution >= 0.6 is 0 Å². The molecular weight excluding hydrogens is 229 g/mol. The highest BCUT2D eigenvalue weighted by molar-refractivity contribution is 4.80. The maximum absolute atomic E-state index is 12.3. The Morgan fingerprint density at radius 2 is 1.88 bits per heavy atom. The van der Waals surface area contributed by atoms with Gasteiger partial charge in [-0.1, -0.05) is 6.92 Å². The summed E-state index contributed by atoms with van der Waals surface area (Å²) in [5, 5.41) is 3.43. The van der Waals surface area contributed by atoms with Crippen LogP contribution in [0.1, 0.15) is 39.5 Å². The van der Waals surface area contributed by atoms with E-state index in [4.69, 9.17) is 0 Å². The molecule has 1 aliphatic rings. The number of rotatable bonds is 5. The maximum Gasteiger partial charge on any atom is 0.390 e. The molecule has 0 saturated carbocycles. The summed E-state index contributed by atoms with van der Waals surface area (Å²) in [5.74, 6) is 0. The zero-order valence-electron chi connectivity index (χ0n) is 10.7. The van der Waals surface area contributed by atoms with Gasteiger partial charge in [0.25, 0.3) is 0 Å². The Morgan fingerprint density at radius 3 is 2.35 bits per heavy atom. The average Bonchev–Trinajstić information content (AvgIpc) is 2.24. The minimum Gasteiger partial charge on any atom is -0.314 e. The zero-order chi connectivity index (χ0) is 12.9. The van der Waals surface area contributed by atoms with E-state index in [9.17, 15) is 13.2 Å². The molecule has 0 aromatic heterocycles. The molecule has 1 atom stereocenters. The number of alkyl halides is 3. The molecule has 0 amide bonds. The number of likely N-dealkylation sites (tertiary alicyclic amines) is 1. The second kappa shape index (κ2) is 6.59. The predicted molar refractivity (Wildman–Crippen MR) is 63.0 cm³/mol. The second-order valence-electron chi connectivity index (χ2n) is 4.93. The Labute approximate surface area is 102 Å². The Morgan fingerprint density at radius 1 is 1.29 bits per heavy atom. The summed E-state index contributed by atoms with van der Waals surface area (Å²) >= 11 is 0. The molecule has 0 aromatic carbocycles. The highest BCUT2D eigenvalue weighted by Crippen LogP contribution is 2.25. The van der Waals surface area contributed by atoms with E-state index >= 15 is 0 Å². The van der Waals surface area contributed by atoms with Crippen LogP contribution in [0.5, 0.6) is 0 Å². The van der Waals surface area contributed by atoms with Crippen molar-refractivity contribution >= 4 is 0 Å². The molecule has 5 heteroatoms. The molecule has 1 saturated heterocycles. The fourth-order valence-electron chi connectivity index (χ4n) is 2.36. The molecule has 1 fully saturated rings. The van der Waals surface area contributed by atoms with E-state index in [-0.39, 0.29) is 6.04 Å². The minimum absolute atomic E-state index is 0.387. The number of hydrogen-bond donors (Lipinski definition) is 1. The van der Waals surface area contributed by atoms with Crippen LogP contribution in [-0.4, -0.2) is 42.8 Å². The monoisotopic (exact) mass is 252 g/mol. The summed E-state index contributed by atoms with van der Waals surface area (Å²) in [6.07, 6.45) is -1.72. The lowest BCUT2D eigenvalue weighted by Gasteiger charge is -2.36. The summed E-state index contributed by atoms with van der Waals surface area (Å²) < 4.78 is 36.8. The standard InChI is InChI=1S/C12H23F3N2/c1-3-6-16-11-4-7-17(8-5-11)10(2)9-12(13,14)15/h10-11,16H,3-9H2,1-2H3. The third kappa shape index (κ3) is 5.73. The summed E-state index contributed by atoms with van der Waals surface area (Å²) in [4.78, 5) is 1.96. The first-order valence-corrected chi connectivity index (χ1v) is 6.46. The molecule has 0 bridgehead atoms. The number of nitrogens with one attached hydrogen (secondary N) is 1. The minimum atomic E-state index is -4.04. The summed E-state index contributed by atoms with van der Waals surface area (Å²) in [6, 6.07) is 0.103. The first-order valence-electron chi connectivity index (χ1n) is 6.46. The predicted octanol–water partition coefficient (Wildman–Crippen LogP) is 2.79. The Kier molecular flexibility index (Phi) is 5.73. The zero-order valence-corrected chi connectivity index (χ0v) is 10.7. The molecule has 102 valence electrons. The number of piperidine rings is 1. The maximum atomic E-state index is 12.3. The van der Waals surface area contributed by atoms with Crippen molar-refractivity contribution in [1.82, 2.24) is 10.2 Å². The number of halogens is 3. The summed E-state index contributed by atoms with van der Waals surface area (Å²) in [7, 11) is 0. The topological polar surface area (TPSA) is 15.3 Å². The fourth-order valence-corrected chi connectivity index (χ4v) is 2.36. The van der Waals surface area contributed by atoms with Gasteiger partial charge in [0, 0.05) is 12.1 Å². The van der Waals surface area contributed by atoms with Crippen LogP contribution < -0.4 is 5.32 Å². The van der Waals surface area contributed by atoms with Crippen molar-refractivity contribution in [3.8, 4) is 0 Å². The van der Waals surface area contributed by atoms with Crippen LogP contribution in [0, 0.1) is 0 Å². The Bertz CT molecular complexity index is 210. The number of hydrogen-bond acceptors (Lipinski definition) is 2. The van der Waals surface area contributed by atoms with Gasteiger partial charge in [0.2, 0.25) is 0 Å². The van der Waals surface area contributed by atoms with Gasteiger partial charge in [0.1, 0.15) is 0 Å². The van der Waals surface area contributed by atoms with Gasteiger partial charge in [-0.25, -0.2) is 0 Å². The fraction of sp³-hybridized carbons (Fsp3) is 1.00. The normalized spacial score (nSPS) is 21.7. The van der Waals surface area contributed by atoms with Crippen LogP contribution in [0.3, 0.4) is 0 Å². The third-order valence-corrected chi connectivity index (χ3v) is 3.36. The molecule has 17 heavy (non-hydrogen) atoms. The van der Waals surface area contributed by atoms with E-state index in [1.807, 2.05) is 4.90 Å². The molecule has 0 aromatic rings. The van der Waals surface area contributed by atoms with E-state index in [2.05, 4.69) is 12.2 Å². The van der Waals surface area contributed by atoms with Gasteiger partial charge < -0.3 is 10.2 Å². The van der Waals surface area contributed by atoms with Gasteiger partial charge in [-0.15, -0.1) is 0 Å². The number of nitrogens with zero attached hydrogens (tertiary/aromatic N) is 1. The van der Waals surface area contributed by atoms with Crippen molar-refractivity contribution in [2.45, 2.75) is 57.8 Å². The van der Waals surface area contributed by atoms with Crippen molar-refractivity contribution in [2.24, 2.45) is 0 Å². The largest absolute Gasteiger partial charge is 0.390 e. The highest BCUT2D eigenvalue weighted by atomic mass is 19.4. The lowest BCUT2D eigenvalue weighted by molar-refractivity contribution is -0.146. The van der Waals surface area contributed by atoms with Crippen molar-refractivity contribution in [3.63, 3.8) is 0 Å². The third-order valence-electron chi connectivity index (χ3n) is 3.36. The molecule has 0 radical (unpaired) electrons. The van der Waals surface area contributed by atoms with Gasteiger partial charge >= 0.3 is 6.18 Å². The van der Waals surface area contributed by atoms with Gasteiger partial charge in [-0.3, -0.25) is 0 Å². The van der Waals surface area contributed by atoms with Crippen molar-refractivity contribution < 1.29 is 13.2 Å². The Hall–Kier alpha value is -0.290. The molecule has 0 aliphatic carbocycles. The van der Waals surface area contributed by atoms with Crippen molar-refractivity contribution in [3.05, 3.63) is 0 Å². The van der Waals surface area contributed by atoms with Gasteiger partial charge in [0.15, 0.2) is 0 Å². The van der Waals surface area contributed by atoms with Gasteiger partial charge in [-0.2, -0.15) is 13.2 Å². The van der Waals surface area contributed by atoms with Crippen LogP contribution in [0.2, 0.25) is 0 Å². The van der Waals surface area contributed by atoms with Crippen LogP contribution in [0.25, 0.3) is 0 Å². The summed E-state index contributed by atoms with van der Waals surface area (Å²) in [6.45, 7) is 6.35. The molecule has 0 spiro atoms. The molecule has 1 N–H and O–H groups in total. The van der Waals surface area contributed by atoms with Crippen molar-refractivity contribution in [2.75, 3.05) is 19.6 Å². The summed E-state index contributed by atoms with van der Waals surface area (Å²) in [5.41, 5.74) is 0. The highest BCUT2D eigenvalue weighted by Gasteiger charge is 2.33. The van der Waals surface area contributed by atoms with E-state index in [1.54, 1.807) is 6.92 Å². The Balaban J connectivity index is 2.26.